The van der Waals surface area contributed by atoms with Gasteiger partial charge in [-0.3, -0.25) is 14.4 Å². The van der Waals surface area contributed by atoms with Crippen LogP contribution < -0.4 is 5.32 Å². The second kappa shape index (κ2) is 12.2. The van der Waals surface area contributed by atoms with Crippen LogP contribution in [-0.2, 0) is 25.5 Å². The Morgan fingerprint density at radius 3 is 2.05 bits per heavy atom. The summed E-state index contributed by atoms with van der Waals surface area (Å²) in [6, 6.07) is 28.9. The van der Waals surface area contributed by atoms with Gasteiger partial charge in [-0.25, -0.2) is 4.79 Å². The SMILES string of the molecule is O=C(Cc1cccs1)NC1C(=O)N2C(C(=O)OC(c3ccccc3)c3ccccc3)C(C(=O)c3ccccc3)=CS[C@@H]12. The molecule has 2 unspecified atom stereocenters. The third-order valence-electron chi connectivity index (χ3n) is 7.18. The van der Waals surface area contributed by atoms with Gasteiger partial charge >= 0.3 is 5.97 Å². The molecule has 4 aromatic rings. The van der Waals surface area contributed by atoms with Crippen LogP contribution in [0, 0.1) is 0 Å². The maximum atomic E-state index is 14.1. The molecule has 42 heavy (non-hydrogen) atoms. The van der Waals surface area contributed by atoms with Crippen LogP contribution in [0.4, 0.5) is 0 Å². The molecule has 0 bridgehead atoms. The lowest BCUT2D eigenvalue weighted by atomic mass is 9.92. The first kappa shape index (κ1) is 27.7. The lowest BCUT2D eigenvalue weighted by Crippen LogP contribution is -2.74. The molecule has 3 aromatic carbocycles. The molecule has 3 heterocycles. The summed E-state index contributed by atoms with van der Waals surface area (Å²) in [7, 11) is 0. The topological polar surface area (TPSA) is 92.8 Å². The quantitative estimate of drug-likeness (QED) is 0.164. The molecule has 3 atom stereocenters. The third kappa shape index (κ3) is 5.53. The van der Waals surface area contributed by atoms with E-state index in [-0.39, 0.29) is 23.7 Å². The normalized spacial score (nSPS) is 19.4. The fourth-order valence-electron chi connectivity index (χ4n) is 5.13. The monoisotopic (exact) mass is 594 g/mol. The highest BCUT2D eigenvalue weighted by Gasteiger charge is 2.57. The summed E-state index contributed by atoms with van der Waals surface area (Å²) in [5.74, 6) is -1.79. The number of nitrogens with zero attached hydrogens (tertiary/aromatic N) is 1. The van der Waals surface area contributed by atoms with Crippen molar-refractivity contribution in [3.05, 3.63) is 141 Å². The van der Waals surface area contributed by atoms with Crippen LogP contribution >= 0.6 is 23.1 Å². The van der Waals surface area contributed by atoms with Crippen molar-refractivity contribution in [2.45, 2.75) is 30.0 Å². The molecule has 9 heteroatoms. The fraction of sp³-hybridized carbons (Fsp3) is 0.152. The first-order chi connectivity index (χ1) is 20.5. The zero-order valence-corrected chi connectivity index (χ0v) is 23.9. The van der Waals surface area contributed by atoms with Gasteiger partial charge in [-0.05, 0) is 28.0 Å². The smallest absolute Gasteiger partial charge is 0.334 e. The number of carbonyl (C=O) groups is 4. The van der Waals surface area contributed by atoms with Crippen molar-refractivity contribution in [1.29, 1.82) is 0 Å². The molecule has 1 aromatic heterocycles. The van der Waals surface area contributed by atoms with Crippen LogP contribution in [0.2, 0.25) is 0 Å². The van der Waals surface area contributed by atoms with E-state index < -0.39 is 35.4 Å². The summed E-state index contributed by atoms with van der Waals surface area (Å²) < 4.78 is 6.14. The Morgan fingerprint density at radius 2 is 1.45 bits per heavy atom. The van der Waals surface area contributed by atoms with Gasteiger partial charge < -0.3 is 15.0 Å². The molecular formula is C33H26N2O5S2. The predicted octanol–water partition coefficient (Wildman–Crippen LogP) is 5.16. The number of β-lactam (4-membered cyclic amide) rings is 1. The average Bonchev–Trinajstić information content (AvgIpc) is 3.55. The average molecular weight is 595 g/mol. The summed E-state index contributed by atoms with van der Waals surface area (Å²) in [4.78, 5) is 56.2. The molecule has 0 radical (unpaired) electrons. The van der Waals surface area contributed by atoms with E-state index in [0.717, 1.165) is 16.0 Å². The largest absolute Gasteiger partial charge is 0.451 e. The second-order valence-corrected chi connectivity index (χ2v) is 11.9. The lowest BCUT2D eigenvalue weighted by molar-refractivity contribution is -0.165. The molecule has 6 rings (SSSR count). The molecule has 0 saturated carbocycles. The van der Waals surface area contributed by atoms with E-state index in [0.29, 0.717) is 5.56 Å². The minimum atomic E-state index is -1.27. The highest BCUT2D eigenvalue weighted by molar-refractivity contribution is 8.03. The summed E-state index contributed by atoms with van der Waals surface area (Å²) in [6.45, 7) is 0. The Kier molecular flexibility index (Phi) is 8.03. The van der Waals surface area contributed by atoms with Crippen LogP contribution in [0.15, 0.2) is 119 Å². The Balaban J connectivity index is 1.30. The molecule has 2 aliphatic heterocycles. The molecule has 1 fully saturated rings. The molecule has 7 nitrogen and oxygen atoms in total. The van der Waals surface area contributed by atoms with Crippen molar-refractivity contribution in [2.75, 3.05) is 0 Å². The Bertz CT molecular complexity index is 1590. The van der Waals surface area contributed by atoms with Gasteiger partial charge in [-0.2, -0.15) is 0 Å². The number of hydrogen-bond acceptors (Lipinski definition) is 7. The van der Waals surface area contributed by atoms with Gasteiger partial charge in [-0.1, -0.05) is 97.1 Å². The number of fused-ring (bicyclic) bond motifs is 1. The van der Waals surface area contributed by atoms with E-state index >= 15 is 0 Å². The summed E-state index contributed by atoms with van der Waals surface area (Å²) in [6.07, 6.45) is -0.591. The van der Waals surface area contributed by atoms with Gasteiger partial charge in [0.15, 0.2) is 17.9 Å². The van der Waals surface area contributed by atoms with Crippen molar-refractivity contribution in [1.82, 2.24) is 10.2 Å². The second-order valence-electron chi connectivity index (χ2n) is 9.88. The van der Waals surface area contributed by atoms with Gasteiger partial charge in [-0.15, -0.1) is 23.1 Å². The molecule has 0 spiro atoms. The summed E-state index contributed by atoms with van der Waals surface area (Å²) in [5.41, 5.74) is 2.07. The van der Waals surface area contributed by atoms with E-state index in [1.165, 1.54) is 28.0 Å². The number of Topliss-reactive ketones (excluding diaryl/α,β-unsaturated/α-hetero) is 1. The van der Waals surface area contributed by atoms with Crippen LogP contribution in [0.3, 0.4) is 0 Å². The zero-order chi connectivity index (χ0) is 29.1. The molecule has 210 valence electrons. The highest BCUT2D eigenvalue weighted by Crippen LogP contribution is 2.42. The van der Waals surface area contributed by atoms with Gasteiger partial charge in [0.1, 0.15) is 11.4 Å². The first-order valence-electron chi connectivity index (χ1n) is 13.4. The number of hydrogen-bond donors (Lipinski definition) is 1. The molecular weight excluding hydrogens is 569 g/mol. The van der Waals surface area contributed by atoms with Crippen LogP contribution in [0.5, 0.6) is 0 Å². The van der Waals surface area contributed by atoms with Gasteiger partial charge in [0, 0.05) is 16.0 Å². The number of thioether (sulfide) groups is 1. The van der Waals surface area contributed by atoms with Crippen molar-refractivity contribution in [2.24, 2.45) is 0 Å². The minimum Gasteiger partial charge on any atom is -0.451 e. The highest BCUT2D eigenvalue weighted by atomic mass is 32.2. The number of amides is 2. The Labute approximate surface area is 251 Å². The number of rotatable bonds is 9. The van der Waals surface area contributed by atoms with Gasteiger partial charge in [0.25, 0.3) is 0 Å². The molecule has 1 saturated heterocycles. The van der Waals surface area contributed by atoms with Crippen molar-refractivity contribution in [3.63, 3.8) is 0 Å². The first-order valence-corrected chi connectivity index (χ1v) is 15.2. The van der Waals surface area contributed by atoms with E-state index in [1.54, 1.807) is 35.7 Å². The maximum absolute atomic E-state index is 14.1. The molecule has 1 N–H and O–H groups in total. The number of thiophene rings is 1. The van der Waals surface area contributed by atoms with Crippen molar-refractivity contribution < 1.29 is 23.9 Å². The number of benzene rings is 3. The van der Waals surface area contributed by atoms with Gasteiger partial charge in [0.2, 0.25) is 11.8 Å². The number of esters is 1. The molecule has 0 aliphatic carbocycles. The number of carbonyl (C=O) groups excluding carboxylic acids is 4. The molecule has 2 amide bonds. The predicted molar refractivity (Wildman–Crippen MR) is 162 cm³/mol. The number of nitrogens with one attached hydrogen (secondary N) is 1. The zero-order valence-electron chi connectivity index (χ0n) is 22.3. The summed E-state index contributed by atoms with van der Waals surface area (Å²) in [5, 5.41) is 5.79. The Hall–Kier alpha value is -4.47. The lowest BCUT2D eigenvalue weighted by Gasteiger charge is -2.51. The van der Waals surface area contributed by atoms with Crippen molar-refractivity contribution in [3.8, 4) is 0 Å². The number of ether oxygens (including phenoxy) is 1. The maximum Gasteiger partial charge on any atom is 0.334 e. The third-order valence-corrected chi connectivity index (χ3v) is 9.22. The molecule has 2 aliphatic rings. The van der Waals surface area contributed by atoms with E-state index in [4.69, 9.17) is 4.74 Å². The standard InChI is InChI=1S/C33H26N2O5S2/c36-26(19-24-17-10-18-41-24)34-27-31(38)35-28(25(20-42-32(27)35)29(37)21-11-4-1-5-12-21)33(39)40-30(22-13-6-2-7-14-22)23-15-8-3-9-16-23/h1-18,20,27-28,30,32H,19H2,(H,34,36)/t27?,28?,32-/m0/s1. The van der Waals surface area contributed by atoms with Crippen LogP contribution in [-0.4, -0.2) is 45.9 Å². The summed E-state index contributed by atoms with van der Waals surface area (Å²) >= 11 is 2.71. The van der Waals surface area contributed by atoms with E-state index in [9.17, 15) is 19.2 Å². The van der Waals surface area contributed by atoms with Gasteiger partial charge in [0.05, 0.1) is 6.42 Å². The fourth-order valence-corrected chi connectivity index (χ4v) is 7.05. The number of ketones is 1. The van der Waals surface area contributed by atoms with Crippen molar-refractivity contribution >= 4 is 46.7 Å². The van der Waals surface area contributed by atoms with Crippen LogP contribution in [0.1, 0.15) is 32.5 Å². The van der Waals surface area contributed by atoms with E-state index in [1.807, 2.05) is 78.2 Å². The van der Waals surface area contributed by atoms with Crippen LogP contribution in [0.25, 0.3) is 0 Å². The minimum absolute atomic E-state index is 0.157. The van der Waals surface area contributed by atoms with E-state index in [2.05, 4.69) is 5.32 Å². The Morgan fingerprint density at radius 1 is 0.833 bits per heavy atom.